The number of nitrogens with zero attached hydrogens (tertiary/aromatic N) is 1. The van der Waals surface area contributed by atoms with Crippen molar-refractivity contribution in [3.05, 3.63) is 0 Å². The average molecular weight is 282 g/mol. The molecule has 2 aliphatic rings. The fourth-order valence-corrected chi connectivity index (χ4v) is 3.47. The second-order valence-electron chi connectivity index (χ2n) is 6.15. The largest absolute Gasteiger partial charge is 0.469 e. The first-order valence-corrected chi connectivity index (χ1v) is 7.67. The highest BCUT2D eigenvalue weighted by Crippen LogP contribution is 2.24. The molecular formula is C15H26N2O3. The van der Waals surface area contributed by atoms with Gasteiger partial charge in [-0.2, -0.15) is 0 Å². The Balaban J connectivity index is 1.92. The van der Waals surface area contributed by atoms with E-state index in [0.29, 0.717) is 25.0 Å². The number of carbonyl (C=O) groups excluding carboxylic acids is 2. The summed E-state index contributed by atoms with van der Waals surface area (Å²) in [7, 11) is 1.42. The topological polar surface area (TPSA) is 58.6 Å². The molecule has 2 unspecified atom stereocenters. The Bertz CT molecular complexity index is 353. The number of methoxy groups -OCH3 is 1. The van der Waals surface area contributed by atoms with Gasteiger partial charge >= 0.3 is 5.97 Å². The number of nitrogens with one attached hydrogen (secondary N) is 1. The lowest BCUT2D eigenvalue weighted by molar-refractivity contribution is -0.143. The zero-order valence-corrected chi connectivity index (χ0v) is 12.6. The van der Waals surface area contributed by atoms with Crippen LogP contribution in [-0.2, 0) is 14.3 Å². The molecule has 0 spiro atoms. The number of rotatable bonds is 4. The van der Waals surface area contributed by atoms with Crippen molar-refractivity contribution in [1.82, 2.24) is 10.2 Å². The molecule has 1 heterocycles. The minimum absolute atomic E-state index is 0.0952. The number of hydrogen-bond acceptors (Lipinski definition) is 4. The summed E-state index contributed by atoms with van der Waals surface area (Å²) >= 11 is 0. The van der Waals surface area contributed by atoms with E-state index in [2.05, 4.69) is 5.32 Å². The lowest BCUT2D eigenvalue weighted by atomic mass is 9.91. The van der Waals surface area contributed by atoms with Crippen LogP contribution < -0.4 is 5.32 Å². The first-order valence-electron chi connectivity index (χ1n) is 7.67. The normalized spacial score (nSPS) is 27.6. The molecule has 1 aliphatic carbocycles. The maximum absolute atomic E-state index is 11.7. The van der Waals surface area contributed by atoms with Gasteiger partial charge in [-0.25, -0.2) is 0 Å². The summed E-state index contributed by atoms with van der Waals surface area (Å²) in [6, 6.07) is 0.899. The average Bonchev–Trinajstić information content (AvgIpc) is 2.91. The summed E-state index contributed by atoms with van der Waals surface area (Å²) in [5, 5.41) is 3.68. The second kappa shape index (κ2) is 7.07. The molecular weight excluding hydrogens is 256 g/mol. The van der Waals surface area contributed by atoms with Gasteiger partial charge in [-0.05, 0) is 25.2 Å². The first-order chi connectivity index (χ1) is 9.58. The van der Waals surface area contributed by atoms with Crippen LogP contribution in [0.3, 0.4) is 0 Å². The number of piperidine rings is 1. The van der Waals surface area contributed by atoms with Crippen LogP contribution in [0.25, 0.3) is 0 Å². The van der Waals surface area contributed by atoms with Gasteiger partial charge in [0, 0.05) is 32.1 Å². The summed E-state index contributed by atoms with van der Waals surface area (Å²) in [5.41, 5.74) is 0. The number of amides is 1. The van der Waals surface area contributed by atoms with Gasteiger partial charge in [0.25, 0.3) is 0 Å². The van der Waals surface area contributed by atoms with Crippen LogP contribution in [0.1, 0.15) is 45.4 Å². The Morgan fingerprint density at radius 1 is 1.20 bits per heavy atom. The van der Waals surface area contributed by atoms with Gasteiger partial charge in [-0.15, -0.1) is 0 Å². The minimum atomic E-state index is -0.181. The van der Waals surface area contributed by atoms with Crippen LogP contribution in [0.5, 0.6) is 0 Å². The van der Waals surface area contributed by atoms with Crippen molar-refractivity contribution in [2.45, 2.75) is 57.5 Å². The zero-order chi connectivity index (χ0) is 14.5. The minimum Gasteiger partial charge on any atom is -0.469 e. The Labute approximate surface area is 121 Å². The van der Waals surface area contributed by atoms with Crippen LogP contribution in [0.4, 0.5) is 0 Å². The maximum Gasteiger partial charge on any atom is 0.305 e. The molecule has 1 N–H and O–H groups in total. The number of likely N-dealkylation sites (tertiary alicyclic amines) is 1. The lowest BCUT2D eigenvalue weighted by Crippen LogP contribution is -2.53. The maximum atomic E-state index is 11.7. The van der Waals surface area contributed by atoms with E-state index < -0.39 is 0 Å². The number of esters is 1. The highest BCUT2D eigenvalue weighted by atomic mass is 16.5. The van der Waals surface area contributed by atoms with Gasteiger partial charge in [0.05, 0.1) is 13.5 Å². The smallest absolute Gasteiger partial charge is 0.305 e. The Kier molecular flexibility index (Phi) is 5.40. The van der Waals surface area contributed by atoms with E-state index in [1.54, 1.807) is 6.92 Å². The van der Waals surface area contributed by atoms with Crippen molar-refractivity contribution >= 4 is 11.9 Å². The summed E-state index contributed by atoms with van der Waals surface area (Å²) in [6.45, 7) is 3.05. The van der Waals surface area contributed by atoms with Crippen molar-refractivity contribution < 1.29 is 14.3 Å². The fraction of sp³-hybridized carbons (Fsp3) is 0.867. The zero-order valence-electron chi connectivity index (χ0n) is 12.6. The predicted molar refractivity (Wildman–Crippen MR) is 76.2 cm³/mol. The van der Waals surface area contributed by atoms with Crippen LogP contribution in [0.15, 0.2) is 0 Å². The third-order valence-corrected chi connectivity index (χ3v) is 4.49. The van der Waals surface area contributed by atoms with Crippen molar-refractivity contribution in [3.8, 4) is 0 Å². The van der Waals surface area contributed by atoms with Crippen molar-refractivity contribution in [2.75, 3.05) is 20.2 Å². The number of ether oxygens (including phenoxy) is 1. The summed E-state index contributed by atoms with van der Waals surface area (Å²) in [6.07, 6.45) is 6.42. The van der Waals surface area contributed by atoms with Crippen LogP contribution in [0.2, 0.25) is 0 Å². The molecule has 2 fully saturated rings. The van der Waals surface area contributed by atoms with Gasteiger partial charge in [0.15, 0.2) is 0 Å². The summed E-state index contributed by atoms with van der Waals surface area (Å²) in [5.74, 6) is 0.122. The van der Waals surface area contributed by atoms with E-state index in [1.807, 2.05) is 4.90 Å². The molecule has 0 aromatic rings. The highest BCUT2D eigenvalue weighted by Gasteiger charge is 2.31. The summed E-state index contributed by atoms with van der Waals surface area (Å²) < 4.78 is 4.75. The molecule has 20 heavy (non-hydrogen) atoms. The van der Waals surface area contributed by atoms with E-state index in [4.69, 9.17) is 4.74 Å². The SMILES string of the molecule is COC(=O)CC1CC(NC2CCCC2)CN(C(C)=O)C1. The first kappa shape index (κ1) is 15.3. The highest BCUT2D eigenvalue weighted by molar-refractivity contribution is 5.74. The predicted octanol–water partition coefficient (Wildman–Crippen LogP) is 1.32. The molecule has 1 saturated heterocycles. The Morgan fingerprint density at radius 3 is 2.50 bits per heavy atom. The summed E-state index contributed by atoms with van der Waals surface area (Å²) in [4.78, 5) is 25.0. The molecule has 2 atom stereocenters. The van der Waals surface area contributed by atoms with Gasteiger partial charge in [0.1, 0.15) is 0 Å². The molecule has 0 aromatic heterocycles. The Morgan fingerprint density at radius 2 is 1.90 bits per heavy atom. The third kappa shape index (κ3) is 4.20. The van der Waals surface area contributed by atoms with Crippen LogP contribution in [-0.4, -0.2) is 49.1 Å². The second-order valence-corrected chi connectivity index (χ2v) is 6.15. The third-order valence-electron chi connectivity index (χ3n) is 4.49. The molecule has 0 aromatic carbocycles. The van der Waals surface area contributed by atoms with Crippen LogP contribution in [0, 0.1) is 5.92 Å². The monoisotopic (exact) mass is 282 g/mol. The molecule has 1 saturated carbocycles. The van der Waals surface area contributed by atoms with Crippen LogP contribution >= 0.6 is 0 Å². The van der Waals surface area contributed by atoms with E-state index >= 15 is 0 Å². The van der Waals surface area contributed by atoms with E-state index in [1.165, 1.54) is 32.8 Å². The van der Waals surface area contributed by atoms with E-state index in [9.17, 15) is 9.59 Å². The van der Waals surface area contributed by atoms with Gasteiger partial charge in [-0.1, -0.05) is 12.8 Å². The molecule has 114 valence electrons. The van der Waals surface area contributed by atoms with Gasteiger partial charge in [-0.3, -0.25) is 9.59 Å². The Hall–Kier alpha value is -1.10. The van der Waals surface area contributed by atoms with Gasteiger partial charge < -0.3 is 15.0 Å². The molecule has 0 radical (unpaired) electrons. The standard InChI is InChI=1S/C15H26N2O3/c1-11(18)17-9-12(8-15(19)20-2)7-14(10-17)16-13-5-3-4-6-13/h12-14,16H,3-10H2,1-2H3. The van der Waals surface area contributed by atoms with Crippen molar-refractivity contribution in [1.29, 1.82) is 0 Å². The van der Waals surface area contributed by atoms with Crippen molar-refractivity contribution in [3.63, 3.8) is 0 Å². The molecule has 5 nitrogen and oxygen atoms in total. The number of carbonyl (C=O) groups is 2. The quantitative estimate of drug-likeness (QED) is 0.790. The van der Waals surface area contributed by atoms with E-state index in [0.717, 1.165) is 13.0 Å². The van der Waals surface area contributed by atoms with E-state index in [-0.39, 0.29) is 17.8 Å². The van der Waals surface area contributed by atoms with Crippen molar-refractivity contribution in [2.24, 2.45) is 5.92 Å². The number of hydrogen-bond donors (Lipinski definition) is 1. The molecule has 0 bridgehead atoms. The molecule has 5 heteroatoms. The van der Waals surface area contributed by atoms with Gasteiger partial charge in [0.2, 0.25) is 5.91 Å². The molecule has 2 rings (SSSR count). The fourth-order valence-electron chi connectivity index (χ4n) is 3.47. The molecule has 1 aliphatic heterocycles. The molecule has 1 amide bonds. The lowest BCUT2D eigenvalue weighted by Gasteiger charge is -2.38.